The summed E-state index contributed by atoms with van der Waals surface area (Å²) in [6.07, 6.45) is 0.879. The molecule has 0 radical (unpaired) electrons. The van der Waals surface area contributed by atoms with Crippen LogP contribution >= 0.6 is 0 Å². The number of aliphatic carboxylic acids is 1. The zero-order valence-electron chi connectivity index (χ0n) is 13.1. The Morgan fingerprint density at radius 1 is 1.27 bits per heavy atom. The first-order valence-electron chi connectivity index (χ1n) is 7.37. The van der Waals surface area contributed by atoms with Gasteiger partial charge in [-0.25, -0.2) is 8.42 Å². The summed E-state index contributed by atoms with van der Waals surface area (Å²) in [6, 6.07) is 7.51. The molecule has 0 spiro atoms. The van der Waals surface area contributed by atoms with Crippen LogP contribution in [0.1, 0.15) is 30.9 Å². The number of rotatable bonds is 7. The summed E-state index contributed by atoms with van der Waals surface area (Å²) < 4.78 is 29.7. The number of hydrogen-bond acceptors (Lipinski definition) is 4. The number of hydrogen-bond donors (Lipinski definition) is 1. The van der Waals surface area contributed by atoms with Crippen molar-refractivity contribution in [1.82, 2.24) is 0 Å². The van der Waals surface area contributed by atoms with E-state index in [1.165, 1.54) is 7.11 Å². The predicted molar refractivity (Wildman–Crippen MR) is 83.8 cm³/mol. The number of carboxylic acid groups (broad SMARTS) is 1. The Hall–Kier alpha value is -1.40. The van der Waals surface area contributed by atoms with E-state index in [4.69, 9.17) is 4.74 Å². The lowest BCUT2D eigenvalue weighted by atomic mass is 9.99. The van der Waals surface area contributed by atoms with Gasteiger partial charge in [0.15, 0.2) is 9.84 Å². The fourth-order valence-corrected chi connectivity index (χ4v) is 5.32. The molecule has 5 nitrogen and oxygen atoms in total. The van der Waals surface area contributed by atoms with E-state index >= 15 is 0 Å². The minimum Gasteiger partial charge on any atom is -0.481 e. The van der Waals surface area contributed by atoms with E-state index in [-0.39, 0.29) is 12.4 Å². The monoisotopic (exact) mass is 326 g/mol. The normalized spacial score (nSPS) is 27.6. The smallest absolute Gasteiger partial charge is 0.314 e. The van der Waals surface area contributed by atoms with Crippen LogP contribution in [0.25, 0.3) is 0 Å². The van der Waals surface area contributed by atoms with Crippen molar-refractivity contribution in [2.24, 2.45) is 5.41 Å². The lowest BCUT2D eigenvalue weighted by Gasteiger charge is -2.11. The molecule has 3 atom stereocenters. The summed E-state index contributed by atoms with van der Waals surface area (Å²) in [6.45, 7) is 3.47. The number of methoxy groups -OCH3 is 1. The molecule has 0 unspecified atom stereocenters. The van der Waals surface area contributed by atoms with Crippen molar-refractivity contribution in [3.8, 4) is 0 Å². The molecule has 0 amide bonds. The quantitative estimate of drug-likeness (QED) is 0.827. The Morgan fingerprint density at radius 2 is 1.86 bits per heavy atom. The summed E-state index contributed by atoms with van der Waals surface area (Å²) in [5, 5.41) is 8.73. The summed E-state index contributed by atoms with van der Waals surface area (Å²) >= 11 is 0. The fourth-order valence-electron chi connectivity index (χ4n) is 3.27. The van der Waals surface area contributed by atoms with Gasteiger partial charge in [0, 0.05) is 18.8 Å². The zero-order chi connectivity index (χ0) is 16.5. The highest BCUT2D eigenvalue weighted by atomic mass is 32.2. The summed E-state index contributed by atoms with van der Waals surface area (Å²) in [5.41, 5.74) is 0.503. The number of aryl methyl sites for hydroxylation is 1. The molecular weight excluding hydrogens is 304 g/mol. The maximum atomic E-state index is 12.3. The standard InChI is InChI=1S/C16H22O5S/c1-4-11-6-8-12(9-7-11)13-14(22(19,20)5-2)16(13,10-21-3)15(17)18/h6-9,13-14H,4-5,10H2,1-3H3,(H,17,18)/t13-,14+,16+/m1/s1. The van der Waals surface area contributed by atoms with Crippen molar-refractivity contribution in [1.29, 1.82) is 0 Å². The van der Waals surface area contributed by atoms with Crippen LogP contribution in [0.5, 0.6) is 0 Å². The molecule has 0 aliphatic heterocycles. The number of benzene rings is 1. The lowest BCUT2D eigenvalue weighted by Crippen LogP contribution is -2.29. The van der Waals surface area contributed by atoms with Crippen LogP contribution in [0.3, 0.4) is 0 Å². The van der Waals surface area contributed by atoms with Crippen molar-refractivity contribution in [3.63, 3.8) is 0 Å². The molecule has 1 aromatic rings. The van der Waals surface area contributed by atoms with Crippen molar-refractivity contribution >= 4 is 15.8 Å². The van der Waals surface area contributed by atoms with Gasteiger partial charge in [-0.05, 0) is 17.5 Å². The van der Waals surface area contributed by atoms with Gasteiger partial charge < -0.3 is 9.84 Å². The number of sulfone groups is 1. The van der Waals surface area contributed by atoms with Crippen LogP contribution < -0.4 is 0 Å². The maximum Gasteiger partial charge on any atom is 0.314 e. The molecule has 1 aliphatic rings. The van der Waals surface area contributed by atoms with Gasteiger partial charge in [0.1, 0.15) is 5.41 Å². The molecule has 1 aromatic carbocycles. The molecule has 1 aliphatic carbocycles. The number of carbonyl (C=O) groups is 1. The molecule has 1 saturated carbocycles. The average Bonchev–Trinajstić information content (AvgIpc) is 3.19. The van der Waals surface area contributed by atoms with Gasteiger partial charge in [-0.1, -0.05) is 38.1 Å². The first kappa shape index (κ1) is 17.0. The largest absolute Gasteiger partial charge is 0.481 e. The number of ether oxygens (including phenoxy) is 1. The molecule has 0 aromatic heterocycles. The Morgan fingerprint density at radius 3 is 2.27 bits per heavy atom. The van der Waals surface area contributed by atoms with Gasteiger partial charge >= 0.3 is 5.97 Å². The average molecular weight is 326 g/mol. The Bertz CT molecular complexity index is 650. The molecule has 1 fully saturated rings. The molecular formula is C16H22O5S. The van der Waals surface area contributed by atoms with Gasteiger partial charge in [-0.3, -0.25) is 4.79 Å². The van der Waals surface area contributed by atoms with Gasteiger partial charge in [0.2, 0.25) is 0 Å². The molecule has 0 heterocycles. The van der Waals surface area contributed by atoms with Crippen LogP contribution in [0.2, 0.25) is 0 Å². The third kappa shape index (κ3) is 2.54. The van der Waals surface area contributed by atoms with Gasteiger partial charge in [0.25, 0.3) is 0 Å². The summed E-state index contributed by atoms with van der Waals surface area (Å²) in [5.74, 6) is -1.73. The highest BCUT2D eigenvalue weighted by molar-refractivity contribution is 7.92. The van der Waals surface area contributed by atoms with Crippen LogP contribution in [0.15, 0.2) is 24.3 Å². The fraction of sp³-hybridized carbons (Fsp3) is 0.562. The molecule has 2 rings (SSSR count). The van der Waals surface area contributed by atoms with E-state index in [1.54, 1.807) is 6.92 Å². The second kappa shape index (κ2) is 6.01. The van der Waals surface area contributed by atoms with E-state index in [9.17, 15) is 18.3 Å². The summed E-state index contributed by atoms with van der Waals surface area (Å²) in [4.78, 5) is 11.8. The highest BCUT2D eigenvalue weighted by Gasteiger charge is 2.75. The third-order valence-electron chi connectivity index (χ3n) is 4.57. The summed E-state index contributed by atoms with van der Waals surface area (Å²) in [7, 11) is -2.07. The van der Waals surface area contributed by atoms with Crippen LogP contribution in [-0.2, 0) is 25.8 Å². The third-order valence-corrected chi connectivity index (χ3v) is 6.85. The van der Waals surface area contributed by atoms with Crippen LogP contribution in [0.4, 0.5) is 0 Å². The minimum atomic E-state index is -3.47. The Labute approximate surface area is 131 Å². The molecule has 0 saturated heterocycles. The maximum absolute atomic E-state index is 12.3. The van der Waals surface area contributed by atoms with Crippen LogP contribution in [0, 0.1) is 5.41 Å². The molecule has 0 bridgehead atoms. The molecule has 122 valence electrons. The van der Waals surface area contributed by atoms with Gasteiger partial charge in [-0.2, -0.15) is 0 Å². The topological polar surface area (TPSA) is 80.7 Å². The minimum absolute atomic E-state index is 0.0695. The van der Waals surface area contributed by atoms with E-state index in [0.29, 0.717) is 0 Å². The van der Waals surface area contributed by atoms with Crippen molar-refractivity contribution < 1.29 is 23.1 Å². The van der Waals surface area contributed by atoms with Gasteiger partial charge in [0.05, 0.1) is 11.9 Å². The first-order valence-corrected chi connectivity index (χ1v) is 9.09. The molecule has 1 N–H and O–H groups in total. The second-order valence-corrected chi connectivity index (χ2v) is 8.13. The SMILES string of the molecule is CCc1ccc([C@@H]2[C@H](S(=O)(=O)CC)[C@@]2(COC)C(=O)O)cc1. The second-order valence-electron chi connectivity index (χ2n) is 5.72. The molecule has 6 heteroatoms. The van der Waals surface area contributed by atoms with E-state index < -0.39 is 32.4 Å². The van der Waals surface area contributed by atoms with E-state index in [2.05, 4.69) is 0 Å². The zero-order valence-corrected chi connectivity index (χ0v) is 13.9. The highest BCUT2D eigenvalue weighted by Crippen LogP contribution is 2.63. The number of carboxylic acids is 1. The molecule has 22 heavy (non-hydrogen) atoms. The van der Waals surface area contributed by atoms with Crippen molar-refractivity contribution in [2.75, 3.05) is 19.5 Å². The van der Waals surface area contributed by atoms with E-state index in [0.717, 1.165) is 17.5 Å². The lowest BCUT2D eigenvalue weighted by molar-refractivity contribution is -0.145. The Kier molecular flexibility index (Phi) is 4.63. The van der Waals surface area contributed by atoms with Crippen LogP contribution in [-0.4, -0.2) is 44.2 Å². The predicted octanol–water partition coefficient (Wildman–Crippen LogP) is 1.87. The van der Waals surface area contributed by atoms with Gasteiger partial charge in [-0.15, -0.1) is 0 Å². The van der Waals surface area contributed by atoms with Crippen molar-refractivity contribution in [3.05, 3.63) is 35.4 Å². The van der Waals surface area contributed by atoms with E-state index in [1.807, 2.05) is 31.2 Å². The van der Waals surface area contributed by atoms with Crippen molar-refractivity contribution in [2.45, 2.75) is 31.4 Å². The first-order chi connectivity index (χ1) is 10.3. The Balaban J connectivity index is 2.48.